The van der Waals surface area contributed by atoms with Crippen molar-refractivity contribution in [3.63, 3.8) is 0 Å². The zero-order valence-corrected chi connectivity index (χ0v) is 24.8. The second kappa shape index (κ2) is 11.1. The topological polar surface area (TPSA) is 128 Å². The number of hydrogen-bond donors (Lipinski definition) is 3. The highest BCUT2D eigenvalue weighted by Gasteiger charge is 2.24. The Balaban J connectivity index is 1.70. The van der Waals surface area contributed by atoms with Crippen LogP contribution in [0.25, 0.3) is 33.4 Å². The molecule has 220 valence electrons. The minimum absolute atomic E-state index is 0.0254. The largest absolute Gasteiger partial charge is 0.503 e. The molecule has 5 rings (SSSR count). The summed E-state index contributed by atoms with van der Waals surface area (Å²) in [5, 5.41) is 24.9. The van der Waals surface area contributed by atoms with E-state index in [9.17, 15) is 24.6 Å². The lowest BCUT2D eigenvalue weighted by atomic mass is 9.89. The van der Waals surface area contributed by atoms with Gasteiger partial charge in [-0.2, -0.15) is 0 Å². The third-order valence-corrected chi connectivity index (χ3v) is 7.70. The lowest BCUT2D eigenvalue weighted by molar-refractivity contribution is 0.0697. The molecule has 3 N–H and O–H groups in total. The number of carbonyl (C=O) groups excluding carboxylic acids is 1. The molecule has 0 saturated carbocycles. The van der Waals surface area contributed by atoms with Crippen LogP contribution < -0.4 is 25.6 Å². The zero-order valence-electron chi connectivity index (χ0n) is 24.8. The van der Waals surface area contributed by atoms with Crippen LogP contribution in [0.1, 0.15) is 32.1 Å². The highest BCUT2D eigenvalue weighted by Crippen LogP contribution is 2.42. The summed E-state index contributed by atoms with van der Waals surface area (Å²) in [6.07, 6.45) is 0. The molecule has 0 saturated heterocycles. The summed E-state index contributed by atoms with van der Waals surface area (Å²) in [6, 6.07) is 17.2. The monoisotopic (exact) mass is 581 g/mol. The molecular formula is C33H33N4O6+. The molecule has 3 aromatic rings. The van der Waals surface area contributed by atoms with E-state index in [-0.39, 0.29) is 23.4 Å². The first-order chi connectivity index (χ1) is 20.4. The van der Waals surface area contributed by atoms with Crippen molar-refractivity contribution in [1.82, 2.24) is 14.5 Å². The Morgan fingerprint density at radius 3 is 2.42 bits per heavy atom. The van der Waals surface area contributed by atoms with E-state index in [2.05, 4.69) is 5.32 Å². The maximum absolute atomic E-state index is 13.4. The maximum Gasteiger partial charge on any atom is 0.336 e. The van der Waals surface area contributed by atoms with Crippen molar-refractivity contribution < 1.29 is 24.2 Å². The summed E-state index contributed by atoms with van der Waals surface area (Å²) in [7, 11) is 9.38. The lowest BCUT2D eigenvalue weighted by Gasteiger charge is -2.19. The molecular weight excluding hydrogens is 548 g/mol. The molecule has 1 aliphatic heterocycles. The summed E-state index contributed by atoms with van der Waals surface area (Å²) in [6.45, 7) is 1.62. The number of fused-ring (bicyclic) bond motifs is 2. The van der Waals surface area contributed by atoms with Gasteiger partial charge in [0, 0.05) is 72.8 Å². The van der Waals surface area contributed by atoms with Crippen LogP contribution in [0.15, 0.2) is 69.9 Å². The normalized spacial score (nSPS) is 11.1. The van der Waals surface area contributed by atoms with Crippen molar-refractivity contribution in [2.45, 2.75) is 13.5 Å². The van der Waals surface area contributed by atoms with Gasteiger partial charge in [-0.1, -0.05) is 0 Å². The number of nitrogens with zero attached hydrogens (tertiary/aromatic N) is 3. The summed E-state index contributed by atoms with van der Waals surface area (Å²) < 4.78 is 9.95. The number of rotatable bonds is 6. The fourth-order valence-electron chi connectivity index (χ4n) is 5.13. The number of pyridine rings is 1. The molecule has 1 amide bonds. The standard InChI is InChI=1S/C33H32N4O6/c1-18-13-27(38)31(39)26(37(18)6)17-34-32(40)19-7-10-22(33(41)42)25(14-19)30-23-11-8-20(35(2)3)15-28(23)43-29-16-21(36(4)5)9-12-24(29)30/h7-16H,17H2,1-6H3,(H2-,34,39,40,41,42)/p+1. The summed E-state index contributed by atoms with van der Waals surface area (Å²) in [5.41, 5.74) is 3.74. The van der Waals surface area contributed by atoms with Gasteiger partial charge >= 0.3 is 5.97 Å². The van der Waals surface area contributed by atoms with Crippen molar-refractivity contribution in [1.29, 1.82) is 0 Å². The molecule has 10 nitrogen and oxygen atoms in total. The zero-order chi connectivity index (χ0) is 31.2. The predicted molar refractivity (Wildman–Crippen MR) is 166 cm³/mol. The smallest absolute Gasteiger partial charge is 0.336 e. The van der Waals surface area contributed by atoms with Crippen LogP contribution in [0.3, 0.4) is 0 Å². The van der Waals surface area contributed by atoms with E-state index in [0.29, 0.717) is 39.1 Å². The number of benzene rings is 3. The minimum atomic E-state index is -1.14. The van der Waals surface area contributed by atoms with Crippen molar-refractivity contribution in [3.8, 4) is 28.2 Å². The minimum Gasteiger partial charge on any atom is -0.503 e. The molecule has 2 heterocycles. The fraction of sp³-hybridized carbons (Fsp3) is 0.212. The van der Waals surface area contributed by atoms with E-state index in [4.69, 9.17) is 4.42 Å². The number of carboxylic acids is 1. The Labute approximate surface area is 247 Å². The first kappa shape index (κ1) is 29.1. The van der Waals surface area contributed by atoms with Crippen LogP contribution in [-0.2, 0) is 13.6 Å². The van der Waals surface area contributed by atoms with Gasteiger partial charge in [0.25, 0.3) is 5.91 Å². The van der Waals surface area contributed by atoms with Crippen LogP contribution in [-0.4, -0.2) is 54.8 Å². The Kier molecular flexibility index (Phi) is 7.54. The molecule has 0 fully saturated rings. The molecule has 2 aliphatic rings. The number of aromatic hydroxyl groups is 1. The van der Waals surface area contributed by atoms with E-state index in [0.717, 1.165) is 11.0 Å². The first-order valence-corrected chi connectivity index (χ1v) is 13.6. The summed E-state index contributed by atoms with van der Waals surface area (Å²) >= 11 is 0. The highest BCUT2D eigenvalue weighted by molar-refractivity contribution is 6.09. The molecule has 2 aromatic carbocycles. The number of hydrogen-bond acceptors (Lipinski definition) is 6. The predicted octanol–water partition coefficient (Wildman–Crippen LogP) is 3.64. The van der Waals surface area contributed by atoms with E-state index in [1.165, 1.54) is 18.2 Å². The van der Waals surface area contributed by atoms with Gasteiger partial charge in [-0.3, -0.25) is 9.59 Å². The third-order valence-electron chi connectivity index (χ3n) is 7.70. The number of aromatic carboxylic acids is 1. The number of aromatic nitrogens is 1. The van der Waals surface area contributed by atoms with Gasteiger partial charge in [0.15, 0.2) is 5.75 Å². The average Bonchev–Trinajstić information content (AvgIpc) is 2.97. The van der Waals surface area contributed by atoms with Crippen molar-refractivity contribution in [3.05, 3.63) is 98.8 Å². The first-order valence-electron chi connectivity index (χ1n) is 13.6. The van der Waals surface area contributed by atoms with Gasteiger partial charge < -0.3 is 29.4 Å². The van der Waals surface area contributed by atoms with E-state index in [1.54, 1.807) is 24.6 Å². The molecule has 0 spiro atoms. The molecule has 0 unspecified atom stereocenters. The highest BCUT2D eigenvalue weighted by atomic mass is 16.4. The SMILES string of the molecule is Cc1cc(=O)c(O)c(CNC(=O)c2ccc(C(=O)O)c(-c3c4ccc(=[N+](C)C)cc-4oc4cc(N(C)C)ccc34)c2)n1C. The fourth-order valence-corrected chi connectivity index (χ4v) is 5.13. The number of carboxylic acid groups (broad SMARTS) is 1. The molecule has 1 aromatic heterocycles. The number of nitrogens with one attached hydrogen (secondary N) is 1. The van der Waals surface area contributed by atoms with Crippen LogP contribution >= 0.6 is 0 Å². The van der Waals surface area contributed by atoms with Gasteiger partial charge in [0.1, 0.15) is 25.4 Å². The molecule has 0 atom stereocenters. The Morgan fingerprint density at radius 1 is 1.00 bits per heavy atom. The van der Waals surface area contributed by atoms with Gasteiger partial charge in [-0.05, 0) is 48.9 Å². The van der Waals surface area contributed by atoms with Gasteiger partial charge in [0.2, 0.25) is 10.8 Å². The van der Waals surface area contributed by atoms with Gasteiger partial charge in [-0.15, -0.1) is 0 Å². The Bertz CT molecular complexity index is 2030. The second-order valence-corrected chi connectivity index (χ2v) is 10.9. The van der Waals surface area contributed by atoms with Crippen LogP contribution in [0.5, 0.6) is 5.75 Å². The van der Waals surface area contributed by atoms with E-state index in [1.807, 2.05) is 74.1 Å². The van der Waals surface area contributed by atoms with Crippen LogP contribution in [0, 0.1) is 6.92 Å². The third kappa shape index (κ3) is 5.34. The van der Waals surface area contributed by atoms with Crippen molar-refractivity contribution in [2.24, 2.45) is 7.05 Å². The van der Waals surface area contributed by atoms with E-state index < -0.39 is 23.1 Å². The molecule has 1 aliphatic carbocycles. The average molecular weight is 582 g/mol. The quantitative estimate of drug-likeness (QED) is 0.206. The number of anilines is 1. The number of aryl methyl sites for hydroxylation is 1. The van der Waals surface area contributed by atoms with Crippen molar-refractivity contribution >= 4 is 28.5 Å². The van der Waals surface area contributed by atoms with Crippen LogP contribution in [0.4, 0.5) is 5.69 Å². The van der Waals surface area contributed by atoms with Crippen molar-refractivity contribution in [2.75, 3.05) is 33.1 Å². The number of carbonyl (C=O) groups is 2. The second-order valence-electron chi connectivity index (χ2n) is 10.9. The Hall–Kier alpha value is -5.38. The van der Waals surface area contributed by atoms with Crippen LogP contribution in [0.2, 0.25) is 0 Å². The molecule has 0 radical (unpaired) electrons. The van der Waals surface area contributed by atoms with Gasteiger partial charge in [-0.25, -0.2) is 9.37 Å². The summed E-state index contributed by atoms with van der Waals surface area (Å²) in [5.74, 6) is -1.51. The molecule has 0 bridgehead atoms. The summed E-state index contributed by atoms with van der Waals surface area (Å²) in [4.78, 5) is 39.9. The number of amides is 1. The maximum atomic E-state index is 13.4. The Morgan fingerprint density at radius 2 is 1.74 bits per heavy atom. The van der Waals surface area contributed by atoms with Gasteiger partial charge in [0.05, 0.1) is 23.9 Å². The molecule has 10 heteroatoms. The van der Waals surface area contributed by atoms with E-state index >= 15 is 0 Å². The lowest BCUT2D eigenvalue weighted by Crippen LogP contribution is -2.26. The molecule has 43 heavy (non-hydrogen) atoms.